The van der Waals surface area contributed by atoms with Gasteiger partial charge in [-0.1, -0.05) is 57.2 Å². The number of ketones is 1. The first-order chi connectivity index (χ1) is 14.1. The van der Waals surface area contributed by atoms with Gasteiger partial charge in [0, 0.05) is 12.3 Å². The van der Waals surface area contributed by atoms with E-state index in [2.05, 4.69) is 44.7 Å². The fourth-order valence-electron chi connectivity index (χ4n) is 6.22. The zero-order valence-electron chi connectivity index (χ0n) is 19.2. The quantitative estimate of drug-likeness (QED) is 0.583. The predicted octanol–water partition coefficient (Wildman–Crippen LogP) is 5.54. The Kier molecular flexibility index (Phi) is 7.24. The Morgan fingerprint density at radius 3 is 2.63 bits per heavy atom. The molecule has 0 heterocycles. The van der Waals surface area contributed by atoms with E-state index in [9.17, 15) is 15.0 Å². The first-order valence-electron chi connectivity index (χ1n) is 11.8. The van der Waals surface area contributed by atoms with Crippen molar-refractivity contribution in [2.75, 3.05) is 0 Å². The van der Waals surface area contributed by atoms with Crippen LogP contribution in [0.2, 0.25) is 0 Å². The van der Waals surface area contributed by atoms with E-state index in [1.54, 1.807) is 6.92 Å². The molecule has 0 aliphatic heterocycles. The van der Waals surface area contributed by atoms with Crippen molar-refractivity contribution in [3.8, 4) is 0 Å². The molecule has 3 saturated carbocycles. The molecule has 0 amide bonds. The van der Waals surface area contributed by atoms with Gasteiger partial charge in [0.05, 0.1) is 12.2 Å². The minimum atomic E-state index is -0.629. The Morgan fingerprint density at radius 2 is 1.93 bits per heavy atom. The van der Waals surface area contributed by atoms with Crippen LogP contribution in [0.4, 0.5) is 0 Å². The molecule has 0 aromatic heterocycles. The topological polar surface area (TPSA) is 57.5 Å². The van der Waals surface area contributed by atoms with Crippen molar-refractivity contribution in [3.63, 3.8) is 0 Å². The van der Waals surface area contributed by atoms with Gasteiger partial charge in [-0.25, -0.2) is 0 Å². The second kappa shape index (κ2) is 9.36. The van der Waals surface area contributed by atoms with Crippen molar-refractivity contribution >= 4 is 5.78 Å². The minimum absolute atomic E-state index is 0.000174. The maximum absolute atomic E-state index is 11.6. The van der Waals surface area contributed by atoms with Gasteiger partial charge in [0.25, 0.3) is 0 Å². The molecule has 0 aromatic carbocycles. The third-order valence-electron chi connectivity index (χ3n) is 8.28. The van der Waals surface area contributed by atoms with Crippen LogP contribution in [0, 0.1) is 29.1 Å². The highest BCUT2D eigenvalue weighted by Gasteiger charge is 2.50. The number of rotatable bonds is 5. The number of allylic oxidation sites excluding steroid dienone is 5. The van der Waals surface area contributed by atoms with Crippen LogP contribution >= 0.6 is 0 Å². The Bertz CT molecular complexity index is 758. The standard InChI is InChI=1S/C27H40O3/c1-17(20(4)28)8-9-18(2)24-12-13-25-21(7-6-14-27(24,25)5)10-11-22-15-23(29)16-26(30)19(22)3/h8-11,17-18,23-26,29-30H,3,6-7,12-16H2,1-2,4-5H3/b9-8+,21-10+,22-11-/t17-,18+,23+,24+,25-,26-,27+/m0/s1. The van der Waals surface area contributed by atoms with E-state index in [4.69, 9.17) is 0 Å². The summed E-state index contributed by atoms with van der Waals surface area (Å²) >= 11 is 0. The maximum Gasteiger partial charge on any atom is 0.136 e. The van der Waals surface area contributed by atoms with Crippen molar-refractivity contribution in [1.82, 2.24) is 0 Å². The van der Waals surface area contributed by atoms with Crippen LogP contribution in [0.5, 0.6) is 0 Å². The molecule has 30 heavy (non-hydrogen) atoms. The zero-order chi connectivity index (χ0) is 22.1. The zero-order valence-corrected chi connectivity index (χ0v) is 19.2. The highest BCUT2D eigenvalue weighted by molar-refractivity contribution is 5.79. The van der Waals surface area contributed by atoms with E-state index in [-0.39, 0.29) is 11.7 Å². The van der Waals surface area contributed by atoms with Crippen LogP contribution in [0.15, 0.2) is 47.6 Å². The van der Waals surface area contributed by atoms with Gasteiger partial charge < -0.3 is 10.2 Å². The lowest BCUT2D eigenvalue weighted by Crippen LogP contribution is -2.35. The normalized spacial score (nSPS) is 39.5. The summed E-state index contributed by atoms with van der Waals surface area (Å²) in [4.78, 5) is 11.6. The van der Waals surface area contributed by atoms with Crippen LogP contribution in [-0.2, 0) is 4.79 Å². The van der Waals surface area contributed by atoms with Gasteiger partial charge in [0.15, 0.2) is 0 Å². The Balaban J connectivity index is 1.77. The third-order valence-corrected chi connectivity index (χ3v) is 8.28. The fourth-order valence-corrected chi connectivity index (χ4v) is 6.22. The maximum atomic E-state index is 11.6. The molecule has 3 rings (SSSR count). The highest BCUT2D eigenvalue weighted by Crippen LogP contribution is 2.59. The molecule has 3 fully saturated rings. The number of carbonyl (C=O) groups excluding carboxylic acids is 1. The molecule has 0 unspecified atom stereocenters. The van der Waals surface area contributed by atoms with E-state index >= 15 is 0 Å². The average molecular weight is 413 g/mol. The van der Waals surface area contributed by atoms with Gasteiger partial charge in [-0.3, -0.25) is 4.79 Å². The Labute approximate surface area is 182 Å². The van der Waals surface area contributed by atoms with Crippen molar-refractivity contribution in [2.45, 2.75) is 84.8 Å². The number of Topliss-reactive ketones (excluding diaryl/α,β-unsaturated/α-hetero) is 1. The summed E-state index contributed by atoms with van der Waals surface area (Å²) in [5.41, 5.74) is 3.58. The molecular weight excluding hydrogens is 372 g/mol. The lowest BCUT2D eigenvalue weighted by atomic mass is 9.61. The molecule has 0 bridgehead atoms. The molecule has 3 nitrogen and oxygen atoms in total. The lowest BCUT2D eigenvalue weighted by Gasteiger charge is -2.44. The van der Waals surface area contributed by atoms with Crippen molar-refractivity contribution in [2.24, 2.45) is 29.1 Å². The Hall–Kier alpha value is -1.45. The molecule has 166 valence electrons. The summed E-state index contributed by atoms with van der Waals surface area (Å²) in [6.07, 6.45) is 14.7. The summed E-state index contributed by atoms with van der Waals surface area (Å²) in [6, 6.07) is 0. The summed E-state index contributed by atoms with van der Waals surface area (Å²) < 4.78 is 0. The van der Waals surface area contributed by atoms with E-state index in [0.717, 1.165) is 17.6 Å². The number of aliphatic hydroxyl groups is 2. The third kappa shape index (κ3) is 4.73. The second-order valence-corrected chi connectivity index (χ2v) is 10.3. The number of aliphatic hydroxyl groups excluding tert-OH is 2. The van der Waals surface area contributed by atoms with Crippen molar-refractivity contribution < 1.29 is 15.0 Å². The largest absolute Gasteiger partial charge is 0.393 e. The monoisotopic (exact) mass is 412 g/mol. The van der Waals surface area contributed by atoms with E-state index in [1.807, 2.05) is 6.92 Å². The molecule has 0 radical (unpaired) electrons. The Morgan fingerprint density at radius 1 is 1.20 bits per heavy atom. The van der Waals surface area contributed by atoms with Gasteiger partial charge in [0.1, 0.15) is 5.78 Å². The van der Waals surface area contributed by atoms with Crippen LogP contribution in [0.25, 0.3) is 0 Å². The summed E-state index contributed by atoms with van der Waals surface area (Å²) in [6.45, 7) is 12.5. The molecule has 0 aromatic rings. The molecule has 7 atom stereocenters. The van der Waals surface area contributed by atoms with Crippen LogP contribution in [0.3, 0.4) is 0 Å². The van der Waals surface area contributed by atoms with Gasteiger partial charge in [-0.05, 0) is 79.8 Å². The minimum Gasteiger partial charge on any atom is -0.393 e. The van der Waals surface area contributed by atoms with Gasteiger partial charge in [-0.15, -0.1) is 0 Å². The van der Waals surface area contributed by atoms with E-state index < -0.39 is 12.2 Å². The predicted molar refractivity (Wildman–Crippen MR) is 123 cm³/mol. The second-order valence-electron chi connectivity index (χ2n) is 10.3. The number of hydrogen-bond acceptors (Lipinski definition) is 3. The first kappa shape index (κ1) is 23.2. The molecule has 3 heteroatoms. The van der Waals surface area contributed by atoms with Crippen LogP contribution in [-0.4, -0.2) is 28.2 Å². The van der Waals surface area contributed by atoms with Crippen LogP contribution < -0.4 is 0 Å². The summed E-state index contributed by atoms with van der Waals surface area (Å²) in [5, 5.41) is 20.1. The van der Waals surface area contributed by atoms with Crippen molar-refractivity contribution in [3.05, 3.63) is 47.6 Å². The fraction of sp³-hybridized carbons (Fsp3) is 0.667. The molecule has 3 aliphatic carbocycles. The number of hydrogen-bond donors (Lipinski definition) is 2. The van der Waals surface area contributed by atoms with Gasteiger partial charge >= 0.3 is 0 Å². The van der Waals surface area contributed by atoms with E-state index in [1.165, 1.54) is 31.3 Å². The molecule has 0 saturated heterocycles. The summed E-state index contributed by atoms with van der Waals surface area (Å²) in [5.74, 6) is 1.94. The molecule has 2 N–H and O–H groups in total. The molecule has 0 spiro atoms. The number of fused-ring (bicyclic) bond motifs is 1. The lowest BCUT2D eigenvalue weighted by molar-refractivity contribution is -0.118. The smallest absolute Gasteiger partial charge is 0.136 e. The first-order valence-corrected chi connectivity index (χ1v) is 11.8. The SMILES string of the molecule is C=C1/C(=C\C=C2/CCC[C@]3(C)[C@@H]([C@H](C)/C=C/[C@H](C)C(C)=O)CC[C@@H]23)C[C@@H](O)C[C@@H]1O. The van der Waals surface area contributed by atoms with Crippen molar-refractivity contribution in [1.29, 1.82) is 0 Å². The number of carbonyl (C=O) groups is 1. The van der Waals surface area contributed by atoms with Gasteiger partial charge in [-0.2, -0.15) is 0 Å². The van der Waals surface area contributed by atoms with E-state index in [0.29, 0.717) is 36.0 Å². The highest BCUT2D eigenvalue weighted by atomic mass is 16.3. The average Bonchev–Trinajstić information content (AvgIpc) is 3.04. The molecular formula is C27H40O3. The molecule has 3 aliphatic rings. The summed E-state index contributed by atoms with van der Waals surface area (Å²) in [7, 11) is 0. The van der Waals surface area contributed by atoms with Crippen LogP contribution in [0.1, 0.15) is 72.6 Å². The van der Waals surface area contributed by atoms with Gasteiger partial charge in [0.2, 0.25) is 0 Å².